The second-order valence-corrected chi connectivity index (χ2v) is 4.85. The zero-order valence-corrected chi connectivity index (χ0v) is 11.8. The van der Waals surface area contributed by atoms with Crippen LogP contribution in [-0.4, -0.2) is 7.05 Å². The number of aryl methyl sites for hydroxylation is 1. The van der Waals surface area contributed by atoms with Crippen LogP contribution in [0.15, 0.2) is 48.5 Å². The fourth-order valence-corrected chi connectivity index (χ4v) is 1.87. The first-order chi connectivity index (χ1) is 9.19. The summed E-state index contributed by atoms with van der Waals surface area (Å²) in [6.07, 6.45) is 0. The zero-order chi connectivity index (χ0) is 13.7. The number of hydrogen-bond donors (Lipinski definition) is 1. The maximum absolute atomic E-state index is 5.78. The molecule has 1 atom stereocenters. The van der Waals surface area contributed by atoms with Crippen LogP contribution in [0.1, 0.15) is 29.7 Å². The van der Waals surface area contributed by atoms with Crippen LogP contribution in [0.4, 0.5) is 0 Å². The van der Waals surface area contributed by atoms with Gasteiger partial charge in [-0.05, 0) is 44.2 Å². The predicted octanol–water partition coefficient (Wildman–Crippen LogP) is 3.85. The van der Waals surface area contributed by atoms with E-state index in [1.807, 2.05) is 19.2 Å². The Bertz CT molecular complexity index is 502. The van der Waals surface area contributed by atoms with Gasteiger partial charge < -0.3 is 10.1 Å². The Morgan fingerprint density at radius 2 is 1.63 bits per heavy atom. The molecular weight excluding hydrogens is 234 g/mol. The van der Waals surface area contributed by atoms with E-state index in [0.717, 1.165) is 5.75 Å². The van der Waals surface area contributed by atoms with E-state index in [1.54, 1.807) is 0 Å². The van der Waals surface area contributed by atoms with Crippen molar-refractivity contribution in [2.45, 2.75) is 26.5 Å². The monoisotopic (exact) mass is 255 g/mol. The predicted molar refractivity (Wildman–Crippen MR) is 79.4 cm³/mol. The molecule has 0 saturated carbocycles. The van der Waals surface area contributed by atoms with Crippen molar-refractivity contribution in [3.8, 4) is 5.75 Å². The molecule has 100 valence electrons. The molecule has 0 radical (unpaired) electrons. The summed E-state index contributed by atoms with van der Waals surface area (Å²) >= 11 is 0. The molecule has 1 N–H and O–H groups in total. The average molecular weight is 255 g/mol. The van der Waals surface area contributed by atoms with Gasteiger partial charge in [0.1, 0.15) is 12.4 Å². The molecule has 0 fully saturated rings. The molecule has 0 saturated heterocycles. The highest BCUT2D eigenvalue weighted by atomic mass is 16.5. The number of hydrogen-bond acceptors (Lipinski definition) is 2. The van der Waals surface area contributed by atoms with Crippen LogP contribution >= 0.6 is 0 Å². The first-order valence-corrected chi connectivity index (χ1v) is 6.64. The molecule has 2 rings (SSSR count). The van der Waals surface area contributed by atoms with Crippen LogP contribution < -0.4 is 10.1 Å². The Morgan fingerprint density at radius 1 is 1.00 bits per heavy atom. The molecule has 0 heterocycles. The lowest BCUT2D eigenvalue weighted by atomic mass is 10.1. The van der Waals surface area contributed by atoms with Crippen LogP contribution in [0.25, 0.3) is 0 Å². The lowest BCUT2D eigenvalue weighted by molar-refractivity contribution is 0.306. The quantitative estimate of drug-likeness (QED) is 0.876. The van der Waals surface area contributed by atoms with Crippen molar-refractivity contribution < 1.29 is 4.74 Å². The van der Waals surface area contributed by atoms with E-state index in [2.05, 4.69) is 55.6 Å². The molecule has 1 unspecified atom stereocenters. The summed E-state index contributed by atoms with van der Waals surface area (Å²) in [5.74, 6) is 0.910. The minimum Gasteiger partial charge on any atom is -0.489 e. The minimum atomic E-state index is 0.367. The Labute approximate surface area is 115 Å². The topological polar surface area (TPSA) is 21.3 Å². The van der Waals surface area contributed by atoms with Crippen molar-refractivity contribution in [2.75, 3.05) is 7.05 Å². The molecule has 0 aliphatic rings. The van der Waals surface area contributed by atoms with Crippen molar-refractivity contribution in [1.82, 2.24) is 5.32 Å². The molecule has 2 heteroatoms. The smallest absolute Gasteiger partial charge is 0.119 e. The Kier molecular flexibility index (Phi) is 4.58. The van der Waals surface area contributed by atoms with Gasteiger partial charge in [-0.15, -0.1) is 0 Å². The Balaban J connectivity index is 1.94. The summed E-state index contributed by atoms with van der Waals surface area (Å²) in [6, 6.07) is 17.0. The van der Waals surface area contributed by atoms with Gasteiger partial charge in [-0.25, -0.2) is 0 Å². The zero-order valence-electron chi connectivity index (χ0n) is 11.8. The number of nitrogens with one attached hydrogen (secondary N) is 1. The highest BCUT2D eigenvalue weighted by molar-refractivity contribution is 5.29. The van der Waals surface area contributed by atoms with Crippen molar-refractivity contribution in [3.05, 3.63) is 65.2 Å². The van der Waals surface area contributed by atoms with E-state index in [9.17, 15) is 0 Å². The van der Waals surface area contributed by atoms with Gasteiger partial charge in [-0.2, -0.15) is 0 Å². The molecule has 0 aromatic heterocycles. The Morgan fingerprint density at radius 3 is 2.21 bits per heavy atom. The third kappa shape index (κ3) is 3.83. The van der Waals surface area contributed by atoms with E-state index >= 15 is 0 Å². The van der Waals surface area contributed by atoms with Gasteiger partial charge in [0, 0.05) is 6.04 Å². The van der Waals surface area contributed by atoms with Crippen molar-refractivity contribution >= 4 is 0 Å². The van der Waals surface area contributed by atoms with E-state index in [0.29, 0.717) is 12.6 Å². The van der Waals surface area contributed by atoms with Gasteiger partial charge in [-0.3, -0.25) is 0 Å². The lowest BCUT2D eigenvalue weighted by Gasteiger charge is -2.12. The maximum Gasteiger partial charge on any atom is 0.119 e. The summed E-state index contributed by atoms with van der Waals surface area (Å²) in [5.41, 5.74) is 3.73. The number of rotatable bonds is 5. The summed E-state index contributed by atoms with van der Waals surface area (Å²) in [6.45, 7) is 4.84. The minimum absolute atomic E-state index is 0.367. The molecule has 0 aliphatic heterocycles. The van der Waals surface area contributed by atoms with Gasteiger partial charge in [0.2, 0.25) is 0 Å². The van der Waals surface area contributed by atoms with Crippen molar-refractivity contribution in [2.24, 2.45) is 0 Å². The van der Waals surface area contributed by atoms with Crippen LogP contribution in [0.2, 0.25) is 0 Å². The number of ether oxygens (including phenoxy) is 1. The van der Waals surface area contributed by atoms with Crippen LogP contribution in [0, 0.1) is 6.92 Å². The summed E-state index contributed by atoms with van der Waals surface area (Å²) in [5, 5.41) is 3.22. The fourth-order valence-electron chi connectivity index (χ4n) is 1.87. The molecule has 2 aromatic rings. The van der Waals surface area contributed by atoms with Crippen LogP contribution in [-0.2, 0) is 6.61 Å². The largest absolute Gasteiger partial charge is 0.489 e. The van der Waals surface area contributed by atoms with Gasteiger partial charge in [-0.1, -0.05) is 42.0 Å². The first kappa shape index (κ1) is 13.6. The molecule has 0 bridgehead atoms. The lowest BCUT2D eigenvalue weighted by Crippen LogP contribution is -2.11. The van der Waals surface area contributed by atoms with E-state index in [4.69, 9.17) is 4.74 Å². The third-order valence-corrected chi connectivity index (χ3v) is 3.34. The molecule has 0 spiro atoms. The normalized spacial score (nSPS) is 12.2. The standard InChI is InChI=1S/C17H21NO/c1-13-4-6-15(7-5-13)12-19-17-10-8-16(9-11-17)14(2)18-3/h4-11,14,18H,12H2,1-3H3. The average Bonchev–Trinajstić information content (AvgIpc) is 2.46. The first-order valence-electron chi connectivity index (χ1n) is 6.64. The van der Waals surface area contributed by atoms with E-state index in [1.165, 1.54) is 16.7 Å². The van der Waals surface area contributed by atoms with Gasteiger partial charge in [0.05, 0.1) is 0 Å². The molecular formula is C17H21NO. The maximum atomic E-state index is 5.78. The van der Waals surface area contributed by atoms with Crippen molar-refractivity contribution in [1.29, 1.82) is 0 Å². The second kappa shape index (κ2) is 6.39. The molecule has 19 heavy (non-hydrogen) atoms. The van der Waals surface area contributed by atoms with Gasteiger partial charge >= 0.3 is 0 Å². The molecule has 0 amide bonds. The van der Waals surface area contributed by atoms with Crippen LogP contribution in [0.3, 0.4) is 0 Å². The Hall–Kier alpha value is -1.80. The van der Waals surface area contributed by atoms with Crippen molar-refractivity contribution in [3.63, 3.8) is 0 Å². The van der Waals surface area contributed by atoms with Crippen LogP contribution in [0.5, 0.6) is 5.75 Å². The third-order valence-electron chi connectivity index (χ3n) is 3.34. The fraction of sp³-hybridized carbons (Fsp3) is 0.294. The highest BCUT2D eigenvalue weighted by Gasteiger charge is 2.02. The highest BCUT2D eigenvalue weighted by Crippen LogP contribution is 2.18. The van der Waals surface area contributed by atoms with E-state index in [-0.39, 0.29) is 0 Å². The van der Waals surface area contributed by atoms with Gasteiger partial charge in [0.15, 0.2) is 0 Å². The molecule has 2 nitrogen and oxygen atoms in total. The molecule has 0 aliphatic carbocycles. The second-order valence-electron chi connectivity index (χ2n) is 4.85. The SMILES string of the molecule is CNC(C)c1ccc(OCc2ccc(C)cc2)cc1. The summed E-state index contributed by atoms with van der Waals surface area (Å²) in [7, 11) is 1.96. The van der Waals surface area contributed by atoms with E-state index < -0.39 is 0 Å². The molecule has 2 aromatic carbocycles. The van der Waals surface area contributed by atoms with Gasteiger partial charge in [0.25, 0.3) is 0 Å². The number of benzene rings is 2. The summed E-state index contributed by atoms with van der Waals surface area (Å²) in [4.78, 5) is 0. The summed E-state index contributed by atoms with van der Waals surface area (Å²) < 4.78 is 5.78.